The molecule has 1 atom stereocenters. The molecule has 6 nitrogen and oxygen atoms in total. The molecule has 0 aromatic rings. The lowest BCUT2D eigenvalue weighted by Crippen LogP contribution is -2.43. The van der Waals surface area contributed by atoms with E-state index in [2.05, 4.69) is 23.0 Å². The van der Waals surface area contributed by atoms with Gasteiger partial charge in [-0.05, 0) is 20.2 Å². The normalized spacial score (nSPS) is 24.7. The van der Waals surface area contributed by atoms with Crippen LogP contribution in [0.15, 0.2) is 11.5 Å². The van der Waals surface area contributed by atoms with Crippen LogP contribution in [0.5, 0.6) is 0 Å². The fourth-order valence-corrected chi connectivity index (χ4v) is 3.07. The van der Waals surface area contributed by atoms with E-state index in [0.717, 1.165) is 31.3 Å². The van der Waals surface area contributed by atoms with Crippen molar-refractivity contribution >= 4 is 11.8 Å². The summed E-state index contributed by atoms with van der Waals surface area (Å²) >= 11 is 1.78. The summed E-state index contributed by atoms with van der Waals surface area (Å²) in [5.41, 5.74) is 0.342. The smallest absolute Gasteiger partial charge is 0.300 e. The van der Waals surface area contributed by atoms with Gasteiger partial charge >= 0.3 is 0 Å². The molecule has 7 heteroatoms. The van der Waals surface area contributed by atoms with E-state index in [1.807, 2.05) is 11.9 Å². The maximum absolute atomic E-state index is 11.2. The Morgan fingerprint density at radius 2 is 2.28 bits per heavy atom. The zero-order chi connectivity index (χ0) is 13.3. The minimum atomic E-state index is -0.220. The van der Waals surface area contributed by atoms with Crippen LogP contribution in [0.1, 0.15) is 6.92 Å². The first-order chi connectivity index (χ1) is 8.54. The molecule has 1 unspecified atom stereocenters. The molecule has 0 aromatic heterocycles. The van der Waals surface area contributed by atoms with Crippen LogP contribution < -0.4 is 0 Å². The van der Waals surface area contributed by atoms with Gasteiger partial charge < -0.3 is 9.80 Å². The fraction of sp³-hybridized carbons (Fsp3) is 0.818. The Bertz CT molecular complexity index is 374. The Morgan fingerprint density at radius 1 is 1.56 bits per heavy atom. The van der Waals surface area contributed by atoms with E-state index in [4.69, 9.17) is 0 Å². The van der Waals surface area contributed by atoms with Crippen LogP contribution >= 0.6 is 11.8 Å². The van der Waals surface area contributed by atoms with Gasteiger partial charge in [0, 0.05) is 24.9 Å². The van der Waals surface area contributed by atoms with Gasteiger partial charge in [-0.3, -0.25) is 15.0 Å². The topological polar surface area (TPSA) is 52.9 Å². The van der Waals surface area contributed by atoms with Gasteiger partial charge in [0.25, 0.3) is 5.70 Å². The van der Waals surface area contributed by atoms with Crippen molar-refractivity contribution in [2.45, 2.75) is 13.0 Å². The van der Waals surface area contributed by atoms with Gasteiger partial charge in [0.05, 0.1) is 18.1 Å². The molecule has 0 N–H and O–H groups in total. The lowest BCUT2D eigenvalue weighted by Gasteiger charge is -2.32. The van der Waals surface area contributed by atoms with Crippen LogP contribution in [-0.4, -0.2) is 71.0 Å². The summed E-state index contributed by atoms with van der Waals surface area (Å²) in [6, 6.07) is 0.355. The van der Waals surface area contributed by atoms with Crippen LogP contribution in [0.3, 0.4) is 0 Å². The fourth-order valence-electron chi connectivity index (χ4n) is 2.69. The third-order valence-corrected chi connectivity index (χ3v) is 4.03. The summed E-state index contributed by atoms with van der Waals surface area (Å²) in [6.07, 6.45) is 2.07. The maximum Gasteiger partial charge on any atom is 0.300 e. The van der Waals surface area contributed by atoms with Crippen molar-refractivity contribution in [2.75, 3.05) is 45.4 Å². The van der Waals surface area contributed by atoms with E-state index < -0.39 is 0 Å². The standard InChI is InChI=1S/C11H20N4O2S/c1-9-6-13-8-12(2)7-10(15(16)17)11(13)14(9)4-5-18-3/h9H,4-8H2,1-3H3. The van der Waals surface area contributed by atoms with Crippen LogP contribution in [0, 0.1) is 10.1 Å². The van der Waals surface area contributed by atoms with E-state index in [1.165, 1.54) is 0 Å². The van der Waals surface area contributed by atoms with Gasteiger partial charge in [-0.2, -0.15) is 11.8 Å². The lowest BCUT2D eigenvalue weighted by molar-refractivity contribution is -0.433. The number of likely N-dealkylation sites (N-methyl/N-ethyl adjacent to an activating group) is 1. The summed E-state index contributed by atoms with van der Waals surface area (Å²) in [7, 11) is 1.93. The zero-order valence-corrected chi connectivity index (χ0v) is 11.9. The molecule has 2 rings (SSSR count). The number of fused-ring (bicyclic) bond motifs is 1. The first-order valence-corrected chi connectivity index (χ1v) is 7.50. The van der Waals surface area contributed by atoms with Gasteiger partial charge in [-0.25, -0.2) is 0 Å². The van der Waals surface area contributed by atoms with Crippen molar-refractivity contribution < 1.29 is 4.92 Å². The third-order valence-electron chi connectivity index (χ3n) is 3.43. The SMILES string of the molecule is CSCCN1C2=C([N+](=O)[O-])CN(C)CN2CC1C. The van der Waals surface area contributed by atoms with Crippen molar-refractivity contribution in [2.24, 2.45) is 0 Å². The number of nitrogens with zero attached hydrogens (tertiary/aromatic N) is 4. The molecule has 102 valence electrons. The van der Waals surface area contributed by atoms with E-state index in [-0.39, 0.29) is 4.92 Å². The Balaban J connectivity index is 2.30. The average Bonchev–Trinajstić information content (AvgIpc) is 2.60. The van der Waals surface area contributed by atoms with Crippen LogP contribution in [-0.2, 0) is 0 Å². The highest BCUT2D eigenvalue weighted by atomic mass is 32.2. The molecule has 18 heavy (non-hydrogen) atoms. The second kappa shape index (κ2) is 5.36. The first-order valence-electron chi connectivity index (χ1n) is 6.11. The maximum atomic E-state index is 11.2. The highest BCUT2D eigenvalue weighted by Crippen LogP contribution is 2.30. The van der Waals surface area contributed by atoms with Crippen molar-refractivity contribution in [3.8, 4) is 0 Å². The first kappa shape index (κ1) is 13.5. The molecule has 2 aliphatic rings. The summed E-state index contributed by atoms with van der Waals surface area (Å²) in [5, 5.41) is 11.2. The van der Waals surface area contributed by atoms with Gasteiger partial charge in [-0.1, -0.05) is 0 Å². The monoisotopic (exact) mass is 272 g/mol. The Labute approximate surface area is 112 Å². The van der Waals surface area contributed by atoms with E-state index >= 15 is 0 Å². The molecule has 2 heterocycles. The Morgan fingerprint density at radius 3 is 2.89 bits per heavy atom. The minimum Gasteiger partial charge on any atom is -0.347 e. The van der Waals surface area contributed by atoms with Gasteiger partial charge in [-0.15, -0.1) is 0 Å². The van der Waals surface area contributed by atoms with Crippen LogP contribution in [0.25, 0.3) is 0 Å². The minimum absolute atomic E-state index is 0.220. The van der Waals surface area contributed by atoms with Crippen molar-refractivity contribution in [3.05, 3.63) is 21.6 Å². The predicted octanol–water partition coefficient (Wildman–Crippen LogP) is 0.704. The number of thioether (sulfide) groups is 1. The Hall–Kier alpha value is -0.950. The highest BCUT2D eigenvalue weighted by Gasteiger charge is 2.41. The van der Waals surface area contributed by atoms with E-state index in [1.54, 1.807) is 11.8 Å². The van der Waals surface area contributed by atoms with Crippen LogP contribution in [0.4, 0.5) is 0 Å². The quantitative estimate of drug-likeness (QED) is 0.555. The number of hydrogen-bond donors (Lipinski definition) is 0. The molecule has 0 amide bonds. The van der Waals surface area contributed by atoms with Gasteiger partial charge in [0.2, 0.25) is 0 Å². The van der Waals surface area contributed by atoms with Gasteiger partial charge in [0.1, 0.15) is 0 Å². The molecule has 1 saturated heterocycles. The molecule has 2 aliphatic heterocycles. The summed E-state index contributed by atoms with van der Waals surface area (Å²) in [4.78, 5) is 17.3. The molecule has 0 aromatic carbocycles. The van der Waals surface area contributed by atoms with E-state index in [0.29, 0.717) is 18.3 Å². The van der Waals surface area contributed by atoms with Crippen molar-refractivity contribution in [1.29, 1.82) is 0 Å². The largest absolute Gasteiger partial charge is 0.347 e. The second-order valence-corrected chi connectivity index (χ2v) is 5.93. The molecular weight excluding hydrogens is 252 g/mol. The number of hydrogen-bond acceptors (Lipinski definition) is 6. The molecule has 0 saturated carbocycles. The lowest BCUT2D eigenvalue weighted by atomic mass is 10.3. The molecule has 1 fully saturated rings. The molecule has 0 bridgehead atoms. The summed E-state index contributed by atoms with van der Waals surface area (Å²) in [6.45, 7) is 5.12. The zero-order valence-electron chi connectivity index (χ0n) is 11.1. The van der Waals surface area contributed by atoms with Crippen molar-refractivity contribution in [1.82, 2.24) is 14.7 Å². The summed E-state index contributed by atoms with van der Waals surface area (Å²) in [5.74, 6) is 1.85. The summed E-state index contributed by atoms with van der Waals surface area (Å²) < 4.78 is 0. The highest BCUT2D eigenvalue weighted by molar-refractivity contribution is 7.98. The van der Waals surface area contributed by atoms with Crippen LogP contribution in [0.2, 0.25) is 0 Å². The second-order valence-electron chi connectivity index (χ2n) is 4.94. The number of nitro groups is 1. The third kappa shape index (κ3) is 2.42. The number of rotatable bonds is 4. The van der Waals surface area contributed by atoms with E-state index in [9.17, 15) is 10.1 Å². The predicted molar refractivity (Wildman–Crippen MR) is 72.8 cm³/mol. The molecule has 0 radical (unpaired) electrons. The molecule has 0 aliphatic carbocycles. The Kier molecular flexibility index (Phi) is 4.01. The van der Waals surface area contributed by atoms with Crippen molar-refractivity contribution in [3.63, 3.8) is 0 Å². The average molecular weight is 272 g/mol. The van der Waals surface area contributed by atoms with Gasteiger partial charge in [0.15, 0.2) is 5.82 Å². The molecule has 0 spiro atoms. The molecular formula is C11H20N4O2S.